The van der Waals surface area contributed by atoms with Gasteiger partial charge in [-0.2, -0.15) is 5.26 Å². The summed E-state index contributed by atoms with van der Waals surface area (Å²) in [5.41, 5.74) is 1.22. The molecule has 0 heterocycles. The molecule has 0 fully saturated rings. The summed E-state index contributed by atoms with van der Waals surface area (Å²) in [4.78, 5) is 24.2. The number of nitriles is 1. The number of carbonyl (C=O) groups is 2. The third-order valence-corrected chi connectivity index (χ3v) is 3.91. The minimum Gasteiger partial charge on any atom is -0.497 e. The number of ether oxygens (including phenoxy) is 4. The first-order valence-corrected chi connectivity index (χ1v) is 8.98. The molecule has 0 aromatic heterocycles. The number of amides is 1. The molecule has 0 saturated heterocycles. The molecule has 1 amide bonds. The summed E-state index contributed by atoms with van der Waals surface area (Å²) in [6, 6.07) is 13.6. The number of hydrogen-bond acceptors (Lipinski definition) is 7. The predicted molar refractivity (Wildman–Crippen MR) is 110 cm³/mol. The van der Waals surface area contributed by atoms with Gasteiger partial charge in [-0.3, -0.25) is 4.79 Å². The van der Waals surface area contributed by atoms with Crippen LogP contribution in [0, 0.1) is 11.3 Å². The molecule has 0 aliphatic heterocycles. The lowest BCUT2D eigenvalue weighted by molar-refractivity contribution is -0.148. The minimum atomic E-state index is -0.986. The molecule has 156 valence electrons. The Bertz CT molecular complexity index is 947. The van der Waals surface area contributed by atoms with Crippen molar-refractivity contribution in [3.8, 4) is 23.3 Å². The fraction of sp³-hybridized carbons (Fsp3) is 0.227. The van der Waals surface area contributed by atoms with Crippen LogP contribution in [0.25, 0.3) is 6.08 Å². The lowest BCUT2D eigenvalue weighted by atomic mass is 10.2. The van der Waals surface area contributed by atoms with Gasteiger partial charge in [0.05, 0.1) is 14.2 Å². The van der Waals surface area contributed by atoms with Crippen LogP contribution in [0.2, 0.25) is 0 Å². The summed E-state index contributed by atoms with van der Waals surface area (Å²) in [6.07, 6.45) is 1.75. The molecule has 1 atom stereocenters. The highest BCUT2D eigenvalue weighted by molar-refractivity contribution is 5.96. The van der Waals surface area contributed by atoms with Gasteiger partial charge in [0.25, 0.3) is 5.91 Å². The smallest absolute Gasteiger partial charge is 0.331 e. The van der Waals surface area contributed by atoms with Crippen LogP contribution in [-0.2, 0) is 14.3 Å². The molecule has 0 saturated carbocycles. The second-order valence-corrected chi connectivity index (χ2v) is 5.99. The number of carbonyl (C=O) groups excluding carboxylic acids is 2. The largest absolute Gasteiger partial charge is 0.497 e. The number of rotatable bonds is 9. The number of benzene rings is 2. The second kappa shape index (κ2) is 11.1. The van der Waals surface area contributed by atoms with Gasteiger partial charge >= 0.3 is 5.97 Å². The van der Waals surface area contributed by atoms with E-state index in [1.54, 1.807) is 49.6 Å². The molecule has 1 unspecified atom stereocenters. The summed E-state index contributed by atoms with van der Waals surface area (Å²) >= 11 is 0. The van der Waals surface area contributed by atoms with Crippen LogP contribution in [0.15, 0.2) is 48.5 Å². The molecule has 30 heavy (non-hydrogen) atoms. The molecule has 2 aromatic carbocycles. The number of methoxy groups -OCH3 is 2. The highest BCUT2D eigenvalue weighted by Crippen LogP contribution is 2.28. The van der Waals surface area contributed by atoms with Crippen molar-refractivity contribution in [3.63, 3.8) is 0 Å². The lowest BCUT2D eigenvalue weighted by Gasteiger charge is -2.12. The quantitative estimate of drug-likeness (QED) is 0.500. The van der Waals surface area contributed by atoms with E-state index in [9.17, 15) is 9.59 Å². The zero-order chi connectivity index (χ0) is 21.9. The molecule has 2 rings (SSSR count). The van der Waals surface area contributed by atoms with Crippen molar-refractivity contribution in [2.24, 2.45) is 0 Å². The maximum atomic E-state index is 12.2. The Labute approximate surface area is 174 Å². The lowest BCUT2D eigenvalue weighted by Crippen LogP contribution is -2.29. The van der Waals surface area contributed by atoms with E-state index in [0.717, 1.165) is 0 Å². The van der Waals surface area contributed by atoms with Gasteiger partial charge in [-0.05, 0) is 55.0 Å². The van der Waals surface area contributed by atoms with E-state index in [2.05, 4.69) is 5.32 Å². The average molecular weight is 410 g/mol. The van der Waals surface area contributed by atoms with Crippen molar-refractivity contribution in [1.29, 1.82) is 5.26 Å². The van der Waals surface area contributed by atoms with Crippen molar-refractivity contribution in [2.75, 3.05) is 26.1 Å². The van der Waals surface area contributed by atoms with Gasteiger partial charge < -0.3 is 24.3 Å². The molecule has 0 spiro atoms. The topological polar surface area (TPSA) is 107 Å². The molecule has 1 N–H and O–H groups in total. The maximum Gasteiger partial charge on any atom is 0.331 e. The average Bonchev–Trinajstić information content (AvgIpc) is 2.76. The fourth-order valence-corrected chi connectivity index (χ4v) is 2.37. The molecule has 0 bridgehead atoms. The monoisotopic (exact) mass is 410 g/mol. The Hall–Kier alpha value is -3.99. The maximum absolute atomic E-state index is 12.2. The van der Waals surface area contributed by atoms with Crippen LogP contribution in [0.1, 0.15) is 12.5 Å². The van der Waals surface area contributed by atoms with Crippen molar-refractivity contribution in [2.45, 2.75) is 13.0 Å². The molecule has 8 heteroatoms. The second-order valence-electron chi connectivity index (χ2n) is 5.99. The standard InChI is InChI=1S/C22H22N2O6/c1-15(22(26)24-17-6-8-18(27-2)9-7-17)30-21(25)11-5-16-4-10-19(29-13-12-23)20(14-16)28-3/h4-11,14-15H,13H2,1-3H3,(H,24,26)/b11-5+. The molecule has 0 aliphatic rings. The van der Waals surface area contributed by atoms with Crippen molar-refractivity contribution < 1.29 is 28.5 Å². The van der Waals surface area contributed by atoms with Crippen molar-refractivity contribution >= 4 is 23.6 Å². The van der Waals surface area contributed by atoms with Crippen LogP contribution < -0.4 is 19.5 Å². The normalized spacial score (nSPS) is 11.3. The first-order chi connectivity index (χ1) is 14.5. The van der Waals surface area contributed by atoms with E-state index < -0.39 is 18.0 Å². The van der Waals surface area contributed by atoms with E-state index in [4.69, 9.17) is 24.2 Å². The number of nitrogens with zero attached hydrogens (tertiary/aromatic N) is 1. The number of anilines is 1. The number of esters is 1. The Morgan fingerprint density at radius 2 is 1.83 bits per heavy atom. The molecular formula is C22H22N2O6. The van der Waals surface area contributed by atoms with Gasteiger partial charge in [-0.25, -0.2) is 4.79 Å². The molecular weight excluding hydrogens is 388 g/mol. The van der Waals surface area contributed by atoms with Crippen LogP contribution in [-0.4, -0.2) is 38.8 Å². The zero-order valence-corrected chi connectivity index (χ0v) is 16.9. The summed E-state index contributed by atoms with van der Waals surface area (Å²) in [5, 5.41) is 11.3. The van der Waals surface area contributed by atoms with Gasteiger partial charge in [0, 0.05) is 11.8 Å². The SMILES string of the molecule is COc1ccc(NC(=O)C(C)OC(=O)/C=C/c2ccc(OCC#N)c(OC)c2)cc1. The van der Waals surface area contributed by atoms with Gasteiger partial charge in [-0.1, -0.05) is 6.07 Å². The fourth-order valence-electron chi connectivity index (χ4n) is 2.37. The van der Waals surface area contributed by atoms with E-state index in [0.29, 0.717) is 28.5 Å². The summed E-state index contributed by atoms with van der Waals surface area (Å²) in [5.74, 6) is 0.383. The summed E-state index contributed by atoms with van der Waals surface area (Å²) in [6.45, 7) is 1.38. The zero-order valence-electron chi connectivity index (χ0n) is 16.9. The van der Waals surface area contributed by atoms with Gasteiger partial charge in [0.2, 0.25) is 0 Å². The first kappa shape index (κ1) is 22.3. The van der Waals surface area contributed by atoms with Crippen LogP contribution in [0.3, 0.4) is 0 Å². The Morgan fingerprint density at radius 1 is 1.10 bits per heavy atom. The van der Waals surface area contributed by atoms with Gasteiger partial charge in [-0.15, -0.1) is 0 Å². The first-order valence-electron chi connectivity index (χ1n) is 8.98. The Kier molecular flexibility index (Phi) is 8.27. The van der Waals surface area contributed by atoms with E-state index >= 15 is 0 Å². The highest BCUT2D eigenvalue weighted by atomic mass is 16.5. The molecule has 2 aromatic rings. The molecule has 8 nitrogen and oxygen atoms in total. The summed E-state index contributed by atoms with van der Waals surface area (Å²) in [7, 11) is 3.02. The van der Waals surface area contributed by atoms with Crippen LogP contribution in [0.4, 0.5) is 5.69 Å². The third kappa shape index (κ3) is 6.56. The van der Waals surface area contributed by atoms with Crippen LogP contribution in [0.5, 0.6) is 17.2 Å². The number of nitrogens with one attached hydrogen (secondary N) is 1. The van der Waals surface area contributed by atoms with E-state index in [1.807, 2.05) is 6.07 Å². The Morgan fingerprint density at radius 3 is 2.47 bits per heavy atom. The molecule has 0 aliphatic carbocycles. The van der Waals surface area contributed by atoms with E-state index in [-0.39, 0.29) is 6.61 Å². The van der Waals surface area contributed by atoms with Crippen molar-refractivity contribution in [1.82, 2.24) is 0 Å². The number of hydrogen-bond donors (Lipinski definition) is 1. The predicted octanol–water partition coefficient (Wildman–Crippen LogP) is 3.19. The highest BCUT2D eigenvalue weighted by Gasteiger charge is 2.16. The Balaban J connectivity index is 1.92. The third-order valence-electron chi connectivity index (χ3n) is 3.91. The van der Waals surface area contributed by atoms with Crippen LogP contribution >= 0.6 is 0 Å². The minimum absolute atomic E-state index is 0.103. The van der Waals surface area contributed by atoms with Gasteiger partial charge in [0.15, 0.2) is 24.2 Å². The van der Waals surface area contributed by atoms with Gasteiger partial charge in [0.1, 0.15) is 11.8 Å². The summed E-state index contributed by atoms with van der Waals surface area (Å²) < 4.78 is 20.6. The van der Waals surface area contributed by atoms with E-state index in [1.165, 1.54) is 26.2 Å². The molecule has 0 radical (unpaired) electrons. The van der Waals surface area contributed by atoms with Crippen molar-refractivity contribution in [3.05, 3.63) is 54.1 Å².